The van der Waals surface area contributed by atoms with Crippen molar-refractivity contribution in [2.45, 2.75) is 18.9 Å². The SMILES string of the molecule is O=C1COc2ccc(-c3ccc(O)cc3)cc2N1C1CC1. The van der Waals surface area contributed by atoms with Crippen LogP contribution in [0, 0.1) is 0 Å². The normalized spacial score (nSPS) is 17.3. The molecule has 0 atom stereocenters. The summed E-state index contributed by atoms with van der Waals surface area (Å²) in [5.41, 5.74) is 2.88. The van der Waals surface area contributed by atoms with Crippen molar-refractivity contribution in [3.63, 3.8) is 0 Å². The Balaban J connectivity index is 1.78. The summed E-state index contributed by atoms with van der Waals surface area (Å²) in [5, 5.41) is 9.38. The van der Waals surface area contributed by atoms with E-state index in [1.54, 1.807) is 12.1 Å². The summed E-state index contributed by atoms with van der Waals surface area (Å²) >= 11 is 0. The van der Waals surface area contributed by atoms with Gasteiger partial charge in [0, 0.05) is 6.04 Å². The molecule has 1 saturated carbocycles. The maximum absolute atomic E-state index is 12.1. The molecule has 1 amide bonds. The van der Waals surface area contributed by atoms with E-state index in [4.69, 9.17) is 4.74 Å². The Labute approximate surface area is 122 Å². The molecule has 1 fully saturated rings. The van der Waals surface area contributed by atoms with E-state index in [2.05, 4.69) is 0 Å². The molecule has 0 aromatic heterocycles. The monoisotopic (exact) mass is 281 g/mol. The molecule has 1 aliphatic heterocycles. The van der Waals surface area contributed by atoms with Crippen LogP contribution in [-0.4, -0.2) is 23.7 Å². The van der Waals surface area contributed by atoms with Gasteiger partial charge in [0.1, 0.15) is 11.5 Å². The molecule has 2 aromatic rings. The molecular formula is C17H15NO3. The minimum atomic E-state index is 0.0351. The van der Waals surface area contributed by atoms with Crippen molar-refractivity contribution in [1.82, 2.24) is 0 Å². The van der Waals surface area contributed by atoms with Gasteiger partial charge >= 0.3 is 0 Å². The third-order valence-corrected chi connectivity index (χ3v) is 3.95. The zero-order chi connectivity index (χ0) is 14.4. The second-order valence-corrected chi connectivity index (χ2v) is 5.51. The number of aromatic hydroxyl groups is 1. The maximum atomic E-state index is 12.1. The van der Waals surface area contributed by atoms with Crippen LogP contribution in [0.3, 0.4) is 0 Å². The summed E-state index contributed by atoms with van der Waals surface area (Å²) in [7, 11) is 0. The van der Waals surface area contributed by atoms with Gasteiger partial charge in [-0.2, -0.15) is 0 Å². The van der Waals surface area contributed by atoms with E-state index in [1.165, 1.54) is 0 Å². The highest BCUT2D eigenvalue weighted by Gasteiger charge is 2.37. The Morgan fingerprint density at radius 2 is 1.76 bits per heavy atom. The standard InChI is InChI=1S/C17H15NO3/c19-14-6-1-11(2-7-14)12-3-8-16-15(9-12)18(13-4-5-13)17(20)10-21-16/h1-3,6-9,13,19H,4-5,10H2. The number of phenols is 1. The van der Waals surface area contributed by atoms with Gasteiger partial charge < -0.3 is 14.7 Å². The Morgan fingerprint density at radius 3 is 2.48 bits per heavy atom. The fraction of sp³-hybridized carbons (Fsp3) is 0.235. The number of anilines is 1. The van der Waals surface area contributed by atoms with Gasteiger partial charge in [-0.3, -0.25) is 4.79 Å². The zero-order valence-corrected chi connectivity index (χ0v) is 11.5. The highest BCUT2D eigenvalue weighted by Crippen LogP contribution is 2.41. The lowest BCUT2D eigenvalue weighted by Gasteiger charge is -2.29. The van der Waals surface area contributed by atoms with Crippen LogP contribution in [0.5, 0.6) is 11.5 Å². The van der Waals surface area contributed by atoms with Gasteiger partial charge in [0.2, 0.25) is 0 Å². The lowest BCUT2D eigenvalue weighted by molar-refractivity contribution is -0.121. The van der Waals surface area contributed by atoms with Crippen LogP contribution in [-0.2, 0) is 4.79 Å². The van der Waals surface area contributed by atoms with Gasteiger partial charge in [-0.1, -0.05) is 18.2 Å². The van der Waals surface area contributed by atoms with Crippen molar-refractivity contribution < 1.29 is 14.6 Å². The number of hydrogen-bond acceptors (Lipinski definition) is 3. The Hall–Kier alpha value is -2.49. The zero-order valence-electron chi connectivity index (χ0n) is 11.5. The van der Waals surface area contributed by atoms with E-state index < -0.39 is 0 Å². The predicted molar refractivity (Wildman–Crippen MR) is 79.5 cm³/mol. The first-order valence-corrected chi connectivity index (χ1v) is 7.11. The van der Waals surface area contributed by atoms with Crippen LogP contribution in [0.2, 0.25) is 0 Å². The molecule has 21 heavy (non-hydrogen) atoms. The Kier molecular flexibility index (Phi) is 2.64. The van der Waals surface area contributed by atoms with Crippen LogP contribution in [0.15, 0.2) is 42.5 Å². The molecule has 0 spiro atoms. The second kappa shape index (κ2) is 4.52. The van der Waals surface area contributed by atoms with Crippen molar-refractivity contribution in [1.29, 1.82) is 0 Å². The summed E-state index contributed by atoms with van der Waals surface area (Å²) in [4.78, 5) is 14.0. The number of fused-ring (bicyclic) bond motifs is 1. The molecule has 1 aliphatic carbocycles. The van der Waals surface area contributed by atoms with E-state index in [9.17, 15) is 9.90 Å². The lowest BCUT2D eigenvalue weighted by Crippen LogP contribution is -2.40. The number of phenolic OH excluding ortho intramolecular Hbond substituents is 1. The largest absolute Gasteiger partial charge is 0.508 e. The summed E-state index contributed by atoms with van der Waals surface area (Å²) in [6.45, 7) is 0.127. The predicted octanol–water partition coefficient (Wildman–Crippen LogP) is 2.95. The summed E-state index contributed by atoms with van der Waals surface area (Å²) in [6, 6.07) is 13.3. The molecule has 4 heteroatoms. The molecule has 0 bridgehead atoms. The number of carbonyl (C=O) groups is 1. The van der Waals surface area contributed by atoms with Gasteiger partial charge in [-0.05, 0) is 48.2 Å². The van der Waals surface area contributed by atoms with Crippen molar-refractivity contribution in [2.75, 3.05) is 11.5 Å². The quantitative estimate of drug-likeness (QED) is 0.920. The Morgan fingerprint density at radius 1 is 1.05 bits per heavy atom. The van der Waals surface area contributed by atoms with Crippen LogP contribution in [0.25, 0.3) is 11.1 Å². The third-order valence-electron chi connectivity index (χ3n) is 3.95. The average Bonchev–Trinajstić information content (AvgIpc) is 3.32. The smallest absolute Gasteiger partial charge is 0.265 e. The van der Waals surface area contributed by atoms with E-state index in [0.29, 0.717) is 6.04 Å². The molecule has 0 saturated heterocycles. The van der Waals surface area contributed by atoms with Crippen molar-refractivity contribution in [3.8, 4) is 22.6 Å². The van der Waals surface area contributed by atoms with Crippen molar-refractivity contribution >= 4 is 11.6 Å². The molecule has 4 rings (SSSR count). The molecular weight excluding hydrogens is 266 g/mol. The van der Waals surface area contributed by atoms with Gasteiger partial charge in [0.15, 0.2) is 6.61 Å². The minimum Gasteiger partial charge on any atom is -0.508 e. The second-order valence-electron chi connectivity index (χ2n) is 5.51. The third kappa shape index (κ3) is 2.13. The first-order chi connectivity index (χ1) is 10.2. The highest BCUT2D eigenvalue weighted by molar-refractivity contribution is 5.99. The molecule has 2 aliphatic rings. The molecule has 1 N–H and O–H groups in total. The molecule has 1 heterocycles. The van der Waals surface area contributed by atoms with Crippen LogP contribution in [0.1, 0.15) is 12.8 Å². The first kappa shape index (κ1) is 12.3. The Bertz CT molecular complexity index is 704. The van der Waals surface area contributed by atoms with Gasteiger partial charge in [0.05, 0.1) is 5.69 Å². The number of nitrogens with zero attached hydrogens (tertiary/aromatic N) is 1. The fourth-order valence-electron chi connectivity index (χ4n) is 2.74. The maximum Gasteiger partial charge on any atom is 0.265 e. The van der Waals surface area contributed by atoms with E-state index >= 15 is 0 Å². The fourth-order valence-corrected chi connectivity index (χ4v) is 2.74. The van der Waals surface area contributed by atoms with Crippen molar-refractivity contribution in [3.05, 3.63) is 42.5 Å². The van der Waals surface area contributed by atoms with Gasteiger partial charge in [0.25, 0.3) is 5.91 Å². The van der Waals surface area contributed by atoms with Crippen LogP contribution in [0.4, 0.5) is 5.69 Å². The molecule has 0 unspecified atom stereocenters. The summed E-state index contributed by atoms with van der Waals surface area (Å²) < 4.78 is 5.52. The van der Waals surface area contributed by atoms with E-state index in [1.807, 2.05) is 35.2 Å². The molecule has 0 radical (unpaired) electrons. The first-order valence-electron chi connectivity index (χ1n) is 7.11. The number of carbonyl (C=O) groups excluding carboxylic acids is 1. The molecule has 4 nitrogen and oxygen atoms in total. The van der Waals surface area contributed by atoms with Gasteiger partial charge in [-0.15, -0.1) is 0 Å². The molecule has 2 aromatic carbocycles. The number of ether oxygens (including phenoxy) is 1. The molecule has 106 valence electrons. The van der Waals surface area contributed by atoms with Crippen LogP contribution >= 0.6 is 0 Å². The number of amides is 1. The van der Waals surface area contributed by atoms with E-state index in [-0.39, 0.29) is 18.3 Å². The number of hydrogen-bond donors (Lipinski definition) is 1. The number of rotatable bonds is 2. The average molecular weight is 281 g/mol. The van der Waals surface area contributed by atoms with Crippen LogP contribution < -0.4 is 9.64 Å². The summed E-state index contributed by atoms with van der Waals surface area (Å²) in [6.07, 6.45) is 2.13. The van der Waals surface area contributed by atoms with Gasteiger partial charge in [-0.25, -0.2) is 0 Å². The van der Waals surface area contributed by atoms with E-state index in [0.717, 1.165) is 35.4 Å². The lowest BCUT2D eigenvalue weighted by atomic mass is 10.0. The highest BCUT2D eigenvalue weighted by atomic mass is 16.5. The minimum absolute atomic E-state index is 0.0351. The summed E-state index contributed by atoms with van der Waals surface area (Å²) in [5.74, 6) is 1.05. The number of benzene rings is 2. The topological polar surface area (TPSA) is 49.8 Å². The van der Waals surface area contributed by atoms with Crippen molar-refractivity contribution in [2.24, 2.45) is 0 Å².